The van der Waals surface area contributed by atoms with Crippen LogP contribution in [0.4, 0.5) is 0 Å². The summed E-state index contributed by atoms with van der Waals surface area (Å²) in [4.78, 5) is 0. The molecule has 0 fully saturated rings. The fourth-order valence-corrected chi connectivity index (χ4v) is 7.40. The average molecular weight is 612 g/mol. The molecule has 1 N–H and O–H groups in total. The second-order valence-corrected chi connectivity index (χ2v) is 13.8. The Morgan fingerprint density at radius 2 is 1.17 bits per heavy atom. The van der Waals surface area contributed by atoms with Gasteiger partial charge in [0.1, 0.15) is 0 Å². The molecule has 1 heterocycles. The lowest BCUT2D eigenvalue weighted by Gasteiger charge is -2.37. The quantitative estimate of drug-likeness (QED) is 0.183. The zero-order chi connectivity index (χ0) is 32.4. The highest BCUT2D eigenvalue weighted by molar-refractivity contribution is 6.47. The number of para-hydroxylation sites is 1. The molecule has 0 amide bonds. The van der Waals surface area contributed by atoms with Crippen LogP contribution in [0.1, 0.15) is 49.9 Å². The van der Waals surface area contributed by atoms with Crippen LogP contribution in [0.5, 0.6) is 0 Å². The van der Waals surface area contributed by atoms with Crippen molar-refractivity contribution < 1.29 is 9.76 Å². The average Bonchev–Trinajstić information content (AvgIpc) is 3.58. The molecule has 6 aromatic carbocycles. The molecule has 1 aromatic heterocycles. The summed E-state index contributed by atoms with van der Waals surface area (Å²) in [6.07, 6.45) is 0. The number of hydrogen-bond donors (Lipinski definition) is 1. The fraction of sp³-hybridized carbons (Fsp3) is 0.163. The van der Waals surface area contributed by atoms with Gasteiger partial charge in [-0.3, -0.25) is 0 Å². The van der Waals surface area contributed by atoms with E-state index in [1.165, 1.54) is 49.7 Å². The molecule has 3 nitrogen and oxygen atoms in total. The first-order valence-corrected chi connectivity index (χ1v) is 16.4. The molecule has 0 aliphatic heterocycles. The van der Waals surface area contributed by atoms with Gasteiger partial charge in [-0.25, -0.2) is 0 Å². The third kappa shape index (κ3) is 4.51. The summed E-state index contributed by atoms with van der Waals surface area (Å²) < 4.78 is 8.64. The highest BCUT2D eigenvalue weighted by Crippen LogP contribution is 2.56. The van der Waals surface area contributed by atoms with Gasteiger partial charge in [-0.15, -0.1) is 0 Å². The van der Waals surface area contributed by atoms with Crippen molar-refractivity contribution in [3.05, 3.63) is 168 Å². The van der Waals surface area contributed by atoms with Crippen LogP contribution in [0.3, 0.4) is 0 Å². The highest BCUT2D eigenvalue weighted by Gasteiger charge is 2.46. The van der Waals surface area contributed by atoms with Crippen molar-refractivity contribution in [1.82, 2.24) is 4.57 Å². The van der Waals surface area contributed by atoms with Gasteiger partial charge in [-0.1, -0.05) is 127 Å². The maximum absolute atomic E-state index is 10.6. The second-order valence-electron chi connectivity index (χ2n) is 13.8. The van der Waals surface area contributed by atoms with E-state index in [1.54, 1.807) is 13.8 Å². The largest absolute Gasteiger partial charge is 0.427 e. The molecule has 0 spiro atoms. The summed E-state index contributed by atoms with van der Waals surface area (Å²) >= 11 is 0. The van der Waals surface area contributed by atoms with Crippen molar-refractivity contribution in [2.45, 2.75) is 44.3 Å². The molecule has 7 aromatic rings. The van der Waals surface area contributed by atoms with Gasteiger partial charge in [-0.05, 0) is 85.3 Å². The number of aromatic nitrogens is 1. The van der Waals surface area contributed by atoms with Gasteiger partial charge in [0.25, 0.3) is 0 Å². The van der Waals surface area contributed by atoms with Crippen LogP contribution in [0.25, 0.3) is 38.6 Å². The summed E-state index contributed by atoms with van der Waals surface area (Å²) in [5.74, 6) is 0. The minimum Gasteiger partial charge on any atom is -0.427 e. The molecule has 0 bridgehead atoms. The van der Waals surface area contributed by atoms with E-state index in [1.807, 2.05) is 13.8 Å². The van der Waals surface area contributed by atoms with E-state index >= 15 is 0 Å². The Labute approximate surface area is 277 Å². The van der Waals surface area contributed by atoms with Crippen molar-refractivity contribution in [3.63, 3.8) is 0 Å². The van der Waals surface area contributed by atoms with Crippen LogP contribution < -0.4 is 5.46 Å². The lowest BCUT2D eigenvalue weighted by molar-refractivity contribution is -0.0893. The van der Waals surface area contributed by atoms with Crippen LogP contribution in [0.2, 0.25) is 0 Å². The second kappa shape index (κ2) is 10.8. The van der Waals surface area contributed by atoms with Crippen LogP contribution in [0, 0.1) is 0 Å². The van der Waals surface area contributed by atoms with Gasteiger partial charge in [0, 0.05) is 16.5 Å². The minimum atomic E-state index is -0.960. The fourth-order valence-electron chi connectivity index (χ4n) is 7.40. The summed E-state index contributed by atoms with van der Waals surface area (Å²) in [7, 11) is 0.420. The van der Waals surface area contributed by atoms with E-state index in [9.17, 15) is 5.11 Å². The topological polar surface area (TPSA) is 34.4 Å². The maximum Gasteiger partial charge on any atom is 0.309 e. The van der Waals surface area contributed by atoms with Crippen LogP contribution in [-0.4, -0.2) is 28.4 Å². The molecule has 0 unspecified atom stereocenters. The summed E-state index contributed by atoms with van der Waals surface area (Å²) in [5.41, 5.74) is 10.1. The summed E-state index contributed by atoms with van der Waals surface area (Å²) in [5, 5.41) is 13.0. The Kier molecular flexibility index (Phi) is 6.80. The van der Waals surface area contributed by atoms with Gasteiger partial charge >= 0.3 is 7.48 Å². The zero-order valence-corrected chi connectivity index (χ0v) is 27.4. The van der Waals surface area contributed by atoms with Gasteiger partial charge in [0.05, 0.1) is 27.7 Å². The lowest BCUT2D eigenvalue weighted by atomic mass is 9.68. The van der Waals surface area contributed by atoms with Crippen LogP contribution >= 0.6 is 0 Å². The smallest absolute Gasteiger partial charge is 0.309 e. The molecular weight excluding hydrogens is 573 g/mol. The third-order valence-electron chi connectivity index (χ3n) is 10.5. The number of aliphatic hydroxyl groups is 1. The molecule has 230 valence electrons. The van der Waals surface area contributed by atoms with Gasteiger partial charge < -0.3 is 14.3 Å². The Morgan fingerprint density at radius 1 is 0.574 bits per heavy atom. The summed E-state index contributed by atoms with van der Waals surface area (Å²) in [6, 6.07) is 53.1. The Bertz CT molecular complexity index is 2220. The first-order valence-electron chi connectivity index (χ1n) is 16.4. The van der Waals surface area contributed by atoms with Crippen LogP contribution in [-0.2, 0) is 10.1 Å². The van der Waals surface area contributed by atoms with Crippen LogP contribution in [0.15, 0.2) is 146 Å². The van der Waals surface area contributed by atoms with E-state index in [0.717, 1.165) is 16.7 Å². The number of nitrogens with zero attached hydrogens (tertiary/aromatic N) is 1. The van der Waals surface area contributed by atoms with Gasteiger partial charge in [0.2, 0.25) is 0 Å². The monoisotopic (exact) mass is 611 g/mol. The number of fused-ring (bicyclic) bond motifs is 6. The zero-order valence-electron chi connectivity index (χ0n) is 27.4. The maximum atomic E-state index is 10.6. The summed E-state index contributed by atoms with van der Waals surface area (Å²) in [6.45, 7) is 7.46. The SMILES string of the molecule is CC(C)(O)C(C)(C)OBc1ccc2c(c1)c1ccccc1n2-c1ccc2c(c1)-c1ccccc1C2(c1ccccc1)c1ccccc1. The first-order chi connectivity index (χ1) is 22.7. The number of benzene rings is 6. The van der Waals surface area contributed by atoms with E-state index < -0.39 is 16.6 Å². The van der Waals surface area contributed by atoms with Crippen molar-refractivity contribution in [2.75, 3.05) is 0 Å². The molecule has 47 heavy (non-hydrogen) atoms. The molecule has 0 saturated carbocycles. The van der Waals surface area contributed by atoms with Crippen molar-refractivity contribution in [1.29, 1.82) is 0 Å². The van der Waals surface area contributed by atoms with Crippen molar-refractivity contribution in [2.24, 2.45) is 0 Å². The third-order valence-corrected chi connectivity index (χ3v) is 10.5. The van der Waals surface area contributed by atoms with Gasteiger partial charge in [0.15, 0.2) is 0 Å². The minimum absolute atomic E-state index is 0.417. The number of hydrogen-bond acceptors (Lipinski definition) is 2. The predicted molar refractivity (Wildman–Crippen MR) is 196 cm³/mol. The normalized spacial score (nSPS) is 13.9. The van der Waals surface area contributed by atoms with E-state index in [4.69, 9.17) is 4.65 Å². The van der Waals surface area contributed by atoms with E-state index in [2.05, 4.69) is 150 Å². The molecule has 1 aliphatic carbocycles. The molecule has 1 aliphatic rings. The number of rotatable bonds is 7. The Morgan fingerprint density at radius 3 is 1.87 bits per heavy atom. The van der Waals surface area contributed by atoms with Gasteiger partial charge in [-0.2, -0.15) is 0 Å². The van der Waals surface area contributed by atoms with E-state index in [0.29, 0.717) is 7.48 Å². The lowest BCUT2D eigenvalue weighted by Crippen LogP contribution is -2.49. The van der Waals surface area contributed by atoms with Crippen molar-refractivity contribution >= 4 is 34.8 Å². The van der Waals surface area contributed by atoms with E-state index in [-0.39, 0.29) is 0 Å². The molecule has 0 atom stereocenters. The first kappa shape index (κ1) is 29.5. The molecule has 4 heteroatoms. The Hall–Kier alpha value is -4.90. The predicted octanol–water partition coefficient (Wildman–Crippen LogP) is 8.69. The molecule has 0 radical (unpaired) electrons. The highest BCUT2D eigenvalue weighted by atomic mass is 16.5. The molecule has 8 rings (SSSR count). The molecule has 0 saturated heterocycles. The molecular formula is C43H38BNO2. The van der Waals surface area contributed by atoms with Crippen molar-refractivity contribution in [3.8, 4) is 16.8 Å². The standard InChI is InChI=1S/C43H38BNO2/c1-41(2,46)42(3,4)47-44-31-23-26-40-36(27-31)34-20-12-14-22-39(34)45(40)32-24-25-38-35(28-32)33-19-11-13-21-37(33)43(38,29-15-7-5-8-16-29)30-17-9-6-10-18-30/h5-28,44,46H,1-4H3. The Balaban J connectivity index is 1.32.